The Kier molecular flexibility index (Phi) is 3.70. The van der Waals surface area contributed by atoms with E-state index < -0.39 is 10.0 Å². The zero-order chi connectivity index (χ0) is 14.9. The van der Waals surface area contributed by atoms with Gasteiger partial charge >= 0.3 is 0 Å². The molecule has 0 fully saturated rings. The molecule has 20 heavy (non-hydrogen) atoms. The minimum atomic E-state index is -3.87. The van der Waals surface area contributed by atoms with E-state index in [4.69, 9.17) is 16.9 Å². The van der Waals surface area contributed by atoms with E-state index in [2.05, 4.69) is 9.82 Å². The van der Waals surface area contributed by atoms with Gasteiger partial charge in [0.1, 0.15) is 4.90 Å². The van der Waals surface area contributed by atoms with Gasteiger partial charge in [-0.2, -0.15) is 10.4 Å². The summed E-state index contributed by atoms with van der Waals surface area (Å²) in [6.07, 6.45) is 1.55. The zero-order valence-electron chi connectivity index (χ0n) is 10.8. The van der Waals surface area contributed by atoms with Gasteiger partial charge in [-0.05, 0) is 25.1 Å². The number of aryl methyl sites for hydroxylation is 2. The number of hydrogen-bond acceptors (Lipinski definition) is 4. The third kappa shape index (κ3) is 2.76. The Hall–Kier alpha value is -2.04. The number of hydrogen-bond donors (Lipinski definition) is 1. The second kappa shape index (κ2) is 5.15. The third-order valence-corrected chi connectivity index (χ3v) is 4.45. The molecule has 0 aliphatic carbocycles. The quantitative estimate of drug-likeness (QED) is 0.939. The summed E-state index contributed by atoms with van der Waals surface area (Å²) >= 11 is 5.90. The van der Waals surface area contributed by atoms with E-state index >= 15 is 0 Å². The summed E-state index contributed by atoms with van der Waals surface area (Å²) in [5, 5.41) is 12.9. The molecule has 0 saturated carbocycles. The predicted molar refractivity (Wildman–Crippen MR) is 74.9 cm³/mol. The van der Waals surface area contributed by atoms with Crippen LogP contribution in [0.5, 0.6) is 0 Å². The van der Waals surface area contributed by atoms with Gasteiger partial charge in [-0.3, -0.25) is 9.40 Å². The van der Waals surface area contributed by atoms with Crippen molar-refractivity contribution in [1.82, 2.24) is 9.78 Å². The van der Waals surface area contributed by atoms with Crippen LogP contribution in [0.1, 0.15) is 11.3 Å². The molecule has 1 N–H and O–H groups in total. The van der Waals surface area contributed by atoms with Crippen molar-refractivity contribution >= 4 is 27.3 Å². The summed E-state index contributed by atoms with van der Waals surface area (Å²) in [7, 11) is -2.18. The van der Waals surface area contributed by atoms with Crippen LogP contribution in [-0.4, -0.2) is 18.2 Å². The average molecular weight is 311 g/mol. The molecule has 0 amide bonds. The molecule has 1 aromatic carbocycles. The number of rotatable bonds is 3. The smallest absolute Gasteiger partial charge is 0.263 e. The van der Waals surface area contributed by atoms with Crippen molar-refractivity contribution in [3.8, 4) is 6.07 Å². The summed E-state index contributed by atoms with van der Waals surface area (Å²) in [6, 6.07) is 5.95. The normalized spacial score (nSPS) is 11.1. The van der Waals surface area contributed by atoms with Crippen LogP contribution in [0.2, 0.25) is 5.02 Å². The van der Waals surface area contributed by atoms with E-state index in [0.29, 0.717) is 11.4 Å². The van der Waals surface area contributed by atoms with Gasteiger partial charge in [-0.25, -0.2) is 8.42 Å². The number of nitriles is 1. The lowest BCUT2D eigenvalue weighted by Gasteiger charge is -2.08. The van der Waals surface area contributed by atoms with Crippen molar-refractivity contribution in [3.63, 3.8) is 0 Å². The van der Waals surface area contributed by atoms with Gasteiger partial charge in [0.15, 0.2) is 0 Å². The van der Waals surface area contributed by atoms with E-state index in [9.17, 15) is 8.42 Å². The fourth-order valence-corrected chi connectivity index (χ4v) is 3.31. The van der Waals surface area contributed by atoms with Gasteiger partial charge in [-0.15, -0.1) is 0 Å². The minimum absolute atomic E-state index is 0.0537. The highest BCUT2D eigenvalue weighted by atomic mass is 35.5. The van der Waals surface area contributed by atoms with Crippen LogP contribution in [0.15, 0.2) is 29.3 Å². The lowest BCUT2D eigenvalue weighted by Crippen LogP contribution is -2.14. The summed E-state index contributed by atoms with van der Waals surface area (Å²) in [6.45, 7) is 1.69. The molecular formula is C12H11ClN4O2S. The number of sulfonamides is 1. The SMILES string of the molecule is Cc1nn(C)cc1NS(=O)(=O)c1cc(C#N)ccc1Cl. The lowest BCUT2D eigenvalue weighted by molar-refractivity contribution is 0.601. The van der Waals surface area contributed by atoms with Crippen molar-refractivity contribution in [2.24, 2.45) is 7.05 Å². The Morgan fingerprint density at radius 3 is 2.70 bits per heavy atom. The Morgan fingerprint density at radius 1 is 1.45 bits per heavy atom. The average Bonchev–Trinajstić information content (AvgIpc) is 2.67. The molecule has 104 valence electrons. The number of benzene rings is 1. The second-order valence-corrected chi connectivity index (χ2v) is 6.22. The zero-order valence-corrected chi connectivity index (χ0v) is 12.3. The molecule has 0 aliphatic heterocycles. The molecule has 0 spiro atoms. The molecule has 2 rings (SSSR count). The van der Waals surface area contributed by atoms with Gasteiger partial charge in [0.2, 0.25) is 0 Å². The van der Waals surface area contributed by atoms with E-state index in [-0.39, 0.29) is 15.5 Å². The van der Waals surface area contributed by atoms with E-state index in [1.54, 1.807) is 20.2 Å². The summed E-state index contributed by atoms with van der Waals surface area (Å²) in [5.74, 6) is 0. The fraction of sp³-hybridized carbons (Fsp3) is 0.167. The van der Waals surface area contributed by atoms with Crippen molar-refractivity contribution in [2.45, 2.75) is 11.8 Å². The monoisotopic (exact) mass is 310 g/mol. The summed E-state index contributed by atoms with van der Waals surface area (Å²) < 4.78 is 28.5. The standard InChI is InChI=1S/C12H11ClN4O2S/c1-8-11(7-17(2)15-8)16-20(18,19)12-5-9(6-14)3-4-10(12)13/h3-5,7,16H,1-2H3. The topological polar surface area (TPSA) is 87.8 Å². The van der Waals surface area contributed by atoms with Crippen LogP contribution >= 0.6 is 11.6 Å². The molecule has 6 nitrogen and oxygen atoms in total. The number of halogens is 1. The number of anilines is 1. The maximum absolute atomic E-state index is 12.3. The Morgan fingerprint density at radius 2 is 2.15 bits per heavy atom. The molecule has 8 heteroatoms. The van der Waals surface area contributed by atoms with Crippen LogP contribution in [0, 0.1) is 18.3 Å². The number of nitrogens with zero attached hydrogens (tertiary/aromatic N) is 3. The summed E-state index contributed by atoms with van der Waals surface area (Å²) in [5.41, 5.74) is 1.13. The Labute approximate surface area is 121 Å². The van der Waals surface area contributed by atoms with Crippen LogP contribution in [0.4, 0.5) is 5.69 Å². The Balaban J connectivity index is 2.46. The largest absolute Gasteiger partial charge is 0.276 e. The molecule has 1 heterocycles. The first-order valence-electron chi connectivity index (χ1n) is 5.56. The molecule has 1 aromatic heterocycles. The van der Waals surface area contributed by atoms with Crippen molar-refractivity contribution in [3.05, 3.63) is 40.7 Å². The van der Waals surface area contributed by atoms with Gasteiger partial charge in [0.05, 0.1) is 28.0 Å². The molecule has 0 bridgehead atoms. The summed E-state index contributed by atoms with van der Waals surface area (Å²) in [4.78, 5) is -0.138. The first-order valence-corrected chi connectivity index (χ1v) is 7.42. The van der Waals surface area contributed by atoms with Crippen LogP contribution in [0.3, 0.4) is 0 Å². The fourth-order valence-electron chi connectivity index (χ4n) is 1.68. The van der Waals surface area contributed by atoms with Crippen molar-refractivity contribution < 1.29 is 8.42 Å². The lowest BCUT2D eigenvalue weighted by atomic mass is 10.2. The highest BCUT2D eigenvalue weighted by Crippen LogP contribution is 2.25. The van der Waals surface area contributed by atoms with Crippen molar-refractivity contribution in [2.75, 3.05) is 4.72 Å². The third-order valence-electron chi connectivity index (χ3n) is 2.61. The van der Waals surface area contributed by atoms with Crippen molar-refractivity contribution in [1.29, 1.82) is 5.26 Å². The number of aromatic nitrogens is 2. The highest BCUT2D eigenvalue weighted by Gasteiger charge is 2.20. The molecule has 2 aromatic rings. The predicted octanol–water partition coefficient (Wildman–Crippen LogP) is 2.05. The maximum Gasteiger partial charge on any atom is 0.263 e. The van der Waals surface area contributed by atoms with Crippen LogP contribution in [-0.2, 0) is 17.1 Å². The molecular weight excluding hydrogens is 300 g/mol. The van der Waals surface area contributed by atoms with Crippen LogP contribution < -0.4 is 4.72 Å². The van der Waals surface area contributed by atoms with Crippen LogP contribution in [0.25, 0.3) is 0 Å². The van der Waals surface area contributed by atoms with E-state index in [1.165, 1.54) is 22.9 Å². The number of nitrogens with one attached hydrogen (secondary N) is 1. The van der Waals surface area contributed by atoms with E-state index in [0.717, 1.165) is 0 Å². The van der Waals surface area contributed by atoms with Gasteiger partial charge in [0.25, 0.3) is 10.0 Å². The first-order chi connectivity index (χ1) is 9.33. The van der Waals surface area contributed by atoms with Gasteiger partial charge in [0, 0.05) is 13.2 Å². The molecule has 0 atom stereocenters. The van der Waals surface area contributed by atoms with Gasteiger partial charge in [-0.1, -0.05) is 11.6 Å². The Bertz CT molecular complexity index is 805. The molecule has 0 aliphatic rings. The molecule has 0 radical (unpaired) electrons. The molecule has 0 unspecified atom stereocenters. The minimum Gasteiger partial charge on any atom is -0.276 e. The van der Waals surface area contributed by atoms with E-state index in [1.807, 2.05) is 6.07 Å². The maximum atomic E-state index is 12.3. The molecule has 0 saturated heterocycles. The first kappa shape index (κ1) is 14.4. The highest BCUT2D eigenvalue weighted by molar-refractivity contribution is 7.92. The second-order valence-electron chi connectivity index (χ2n) is 4.16. The van der Waals surface area contributed by atoms with Gasteiger partial charge < -0.3 is 0 Å².